The van der Waals surface area contributed by atoms with Crippen LogP contribution in [0.15, 0.2) is 28.8 Å². The molecule has 0 saturated carbocycles. The van der Waals surface area contributed by atoms with Crippen LogP contribution in [0.25, 0.3) is 11.4 Å². The molecule has 0 fully saturated rings. The van der Waals surface area contributed by atoms with E-state index in [0.29, 0.717) is 0 Å². The number of phenolic OH excluding ortho intramolecular Hbond substituents is 1. The second kappa shape index (κ2) is 4.28. The first-order valence-corrected chi connectivity index (χ1v) is 4.71. The first-order valence-electron chi connectivity index (χ1n) is 4.71. The second-order valence-corrected chi connectivity index (χ2v) is 3.40. The zero-order chi connectivity index (χ0) is 13.3. The molecule has 2 rings (SSSR count). The van der Waals surface area contributed by atoms with E-state index >= 15 is 0 Å². The van der Waals surface area contributed by atoms with Gasteiger partial charge in [0.15, 0.2) is 0 Å². The van der Waals surface area contributed by atoms with Crippen molar-refractivity contribution in [1.29, 1.82) is 0 Å². The summed E-state index contributed by atoms with van der Waals surface area (Å²) in [6.45, 7) is 0. The first-order chi connectivity index (χ1) is 8.41. The Morgan fingerprint density at radius 2 is 2.00 bits per heavy atom. The average molecular weight is 262 g/mol. The molecule has 8 heteroatoms. The number of nitrogens with zero attached hydrogens (tertiary/aromatic N) is 2. The number of aromatic hydroxyl groups is 1. The molecule has 1 aromatic heterocycles. The molecule has 1 heterocycles. The highest BCUT2D eigenvalue weighted by Crippen LogP contribution is 2.34. The van der Waals surface area contributed by atoms with E-state index in [4.69, 9.17) is 0 Å². The van der Waals surface area contributed by atoms with Gasteiger partial charge in [-0.3, -0.25) is 0 Å². The van der Waals surface area contributed by atoms with Gasteiger partial charge in [-0.1, -0.05) is 17.3 Å². The molecule has 0 aliphatic carbocycles. The topological polar surface area (TPSA) is 59.2 Å². The predicted molar refractivity (Wildman–Crippen MR) is 51.3 cm³/mol. The van der Waals surface area contributed by atoms with Crippen LogP contribution in [0.4, 0.5) is 17.6 Å². The minimum atomic E-state index is -4.50. The fraction of sp³-hybridized carbons (Fsp3) is 0.200. The quantitative estimate of drug-likeness (QED) is 0.864. The second-order valence-electron chi connectivity index (χ2n) is 3.40. The Morgan fingerprint density at radius 3 is 2.61 bits per heavy atom. The molecule has 1 aromatic carbocycles. The standard InChI is InChI=1S/C10H6F4N2O2/c11-8(12)10(13,14)9-15-7(16-18-9)5-2-1-3-6(17)4-5/h1-4,8,17H. The Bertz CT molecular complexity index is 556. The summed E-state index contributed by atoms with van der Waals surface area (Å²) in [5, 5.41) is 12.3. The van der Waals surface area contributed by atoms with Crippen LogP contribution in [-0.2, 0) is 5.92 Å². The minimum Gasteiger partial charge on any atom is -0.508 e. The SMILES string of the molecule is Oc1cccc(-c2noc(C(F)(F)C(F)F)n2)c1. The lowest BCUT2D eigenvalue weighted by atomic mass is 10.2. The van der Waals surface area contributed by atoms with Crippen molar-refractivity contribution >= 4 is 0 Å². The molecule has 0 bridgehead atoms. The summed E-state index contributed by atoms with van der Waals surface area (Å²) < 4.78 is 54.0. The van der Waals surface area contributed by atoms with E-state index in [0.717, 1.165) is 0 Å². The highest BCUT2D eigenvalue weighted by Gasteiger charge is 2.48. The van der Waals surface area contributed by atoms with Crippen LogP contribution in [0.5, 0.6) is 5.75 Å². The van der Waals surface area contributed by atoms with Gasteiger partial charge in [-0.2, -0.15) is 13.8 Å². The molecule has 2 aromatic rings. The van der Waals surface area contributed by atoms with Gasteiger partial charge >= 0.3 is 18.2 Å². The molecule has 0 spiro atoms. The molecule has 0 aliphatic rings. The van der Waals surface area contributed by atoms with Gasteiger partial charge in [-0.05, 0) is 12.1 Å². The lowest BCUT2D eigenvalue weighted by molar-refractivity contribution is -0.152. The van der Waals surface area contributed by atoms with Crippen molar-refractivity contribution in [3.63, 3.8) is 0 Å². The van der Waals surface area contributed by atoms with Gasteiger partial charge < -0.3 is 9.63 Å². The molecular weight excluding hydrogens is 256 g/mol. The van der Waals surface area contributed by atoms with E-state index in [9.17, 15) is 22.7 Å². The van der Waals surface area contributed by atoms with Crippen LogP contribution < -0.4 is 0 Å². The molecule has 1 N–H and O–H groups in total. The number of halogens is 4. The smallest absolute Gasteiger partial charge is 0.383 e. The molecule has 96 valence electrons. The van der Waals surface area contributed by atoms with Crippen LogP contribution >= 0.6 is 0 Å². The molecule has 4 nitrogen and oxygen atoms in total. The molecule has 18 heavy (non-hydrogen) atoms. The van der Waals surface area contributed by atoms with E-state index in [-0.39, 0.29) is 17.1 Å². The summed E-state index contributed by atoms with van der Waals surface area (Å²) in [7, 11) is 0. The van der Waals surface area contributed by atoms with Crippen molar-refractivity contribution in [2.45, 2.75) is 12.3 Å². The summed E-state index contributed by atoms with van der Waals surface area (Å²) in [6, 6.07) is 5.37. The maximum Gasteiger partial charge on any atom is 0.383 e. The van der Waals surface area contributed by atoms with Crippen molar-refractivity contribution in [2.75, 3.05) is 0 Å². The third-order valence-electron chi connectivity index (χ3n) is 2.09. The maximum absolute atomic E-state index is 12.9. The van der Waals surface area contributed by atoms with Crippen LogP contribution in [-0.4, -0.2) is 21.7 Å². The lowest BCUT2D eigenvalue weighted by Crippen LogP contribution is -2.23. The van der Waals surface area contributed by atoms with Crippen molar-refractivity contribution in [2.24, 2.45) is 0 Å². The Balaban J connectivity index is 2.37. The molecule has 0 atom stereocenters. The summed E-state index contributed by atoms with van der Waals surface area (Å²) in [5.41, 5.74) is 0.176. The van der Waals surface area contributed by atoms with Gasteiger partial charge in [-0.25, -0.2) is 8.78 Å². The van der Waals surface area contributed by atoms with Crippen molar-refractivity contribution in [3.8, 4) is 17.1 Å². The summed E-state index contributed by atoms with van der Waals surface area (Å²) >= 11 is 0. The monoisotopic (exact) mass is 262 g/mol. The van der Waals surface area contributed by atoms with E-state index in [1.165, 1.54) is 24.3 Å². The van der Waals surface area contributed by atoms with Crippen molar-refractivity contribution in [1.82, 2.24) is 10.1 Å². The normalized spacial score (nSPS) is 12.1. The van der Waals surface area contributed by atoms with Crippen molar-refractivity contribution < 1.29 is 27.2 Å². The number of aromatic nitrogens is 2. The summed E-state index contributed by atoms with van der Waals surface area (Å²) in [4.78, 5) is 3.20. The molecule has 0 radical (unpaired) electrons. The van der Waals surface area contributed by atoms with E-state index in [1.54, 1.807) is 0 Å². The average Bonchev–Trinajstić information content (AvgIpc) is 2.78. The minimum absolute atomic E-state index is 0.139. The maximum atomic E-state index is 12.9. The van der Waals surface area contributed by atoms with Gasteiger partial charge in [0, 0.05) is 5.56 Å². The fourth-order valence-electron chi connectivity index (χ4n) is 1.21. The van der Waals surface area contributed by atoms with Crippen molar-refractivity contribution in [3.05, 3.63) is 30.2 Å². The van der Waals surface area contributed by atoms with Crippen LogP contribution in [0.2, 0.25) is 0 Å². The number of hydrogen-bond donors (Lipinski definition) is 1. The lowest BCUT2D eigenvalue weighted by Gasteiger charge is -2.08. The summed E-state index contributed by atoms with van der Waals surface area (Å²) in [6.07, 6.45) is -3.94. The molecule has 0 unspecified atom stereocenters. The fourth-order valence-corrected chi connectivity index (χ4v) is 1.21. The van der Waals surface area contributed by atoms with E-state index in [1.807, 2.05) is 0 Å². The Hall–Kier alpha value is -2.12. The third kappa shape index (κ3) is 2.13. The largest absolute Gasteiger partial charge is 0.508 e. The van der Waals surface area contributed by atoms with Crippen LogP contribution in [0.1, 0.15) is 5.89 Å². The van der Waals surface area contributed by atoms with Gasteiger partial charge in [0.25, 0.3) is 0 Å². The van der Waals surface area contributed by atoms with Gasteiger partial charge in [0.05, 0.1) is 0 Å². The van der Waals surface area contributed by atoms with Gasteiger partial charge in [0.1, 0.15) is 5.75 Å². The Morgan fingerprint density at radius 1 is 1.28 bits per heavy atom. The van der Waals surface area contributed by atoms with E-state index in [2.05, 4.69) is 14.7 Å². The van der Waals surface area contributed by atoms with Gasteiger partial charge in [-0.15, -0.1) is 0 Å². The van der Waals surface area contributed by atoms with Crippen LogP contribution in [0.3, 0.4) is 0 Å². The zero-order valence-electron chi connectivity index (χ0n) is 8.65. The van der Waals surface area contributed by atoms with E-state index < -0.39 is 18.2 Å². The highest BCUT2D eigenvalue weighted by molar-refractivity contribution is 5.56. The Kier molecular flexibility index (Phi) is 2.93. The number of rotatable bonds is 3. The first kappa shape index (κ1) is 12.3. The molecule has 0 aliphatic heterocycles. The number of benzene rings is 1. The predicted octanol–water partition coefficient (Wildman–Crippen LogP) is 2.80. The number of alkyl halides is 4. The summed E-state index contributed by atoms with van der Waals surface area (Å²) in [5.74, 6) is -6.40. The molecular formula is C10H6F4N2O2. The molecule has 0 amide bonds. The van der Waals surface area contributed by atoms with Crippen LogP contribution in [0, 0.1) is 0 Å². The van der Waals surface area contributed by atoms with Gasteiger partial charge in [0.2, 0.25) is 5.82 Å². The number of phenols is 1. The molecule has 0 saturated heterocycles. The Labute approximate surface area is 97.9 Å². The number of hydrogen-bond acceptors (Lipinski definition) is 4. The highest BCUT2D eigenvalue weighted by atomic mass is 19.3. The third-order valence-corrected chi connectivity index (χ3v) is 2.09. The zero-order valence-corrected chi connectivity index (χ0v) is 8.65.